The first-order valence-corrected chi connectivity index (χ1v) is 9.21. The summed E-state index contributed by atoms with van der Waals surface area (Å²) in [7, 11) is 0. The van der Waals surface area contributed by atoms with Crippen molar-refractivity contribution in [2.24, 2.45) is 0 Å². The summed E-state index contributed by atoms with van der Waals surface area (Å²) in [4.78, 5) is 6.75. The minimum Gasteiger partial charge on any atom is -0.472 e. The maximum atomic E-state index is 5.98. The Kier molecular flexibility index (Phi) is 4.81. The molecule has 4 heteroatoms. The van der Waals surface area contributed by atoms with Gasteiger partial charge in [-0.3, -0.25) is 4.90 Å². The van der Waals surface area contributed by atoms with Crippen molar-refractivity contribution in [1.29, 1.82) is 0 Å². The highest BCUT2D eigenvalue weighted by Crippen LogP contribution is 2.33. The quantitative estimate of drug-likeness (QED) is 0.627. The Morgan fingerprint density at radius 3 is 2.00 bits per heavy atom. The van der Waals surface area contributed by atoms with Crippen LogP contribution < -0.4 is 4.74 Å². The van der Waals surface area contributed by atoms with Crippen molar-refractivity contribution in [3.8, 4) is 5.88 Å². The van der Waals surface area contributed by atoms with Gasteiger partial charge < -0.3 is 4.74 Å². The van der Waals surface area contributed by atoms with Crippen LogP contribution in [0.3, 0.4) is 0 Å². The summed E-state index contributed by atoms with van der Waals surface area (Å²) in [5.41, 5.74) is 2.63. The Bertz CT molecular complexity index is 763. The maximum Gasteiger partial charge on any atom is 0.213 e. The maximum absolute atomic E-state index is 5.98. The second-order valence-electron chi connectivity index (χ2n) is 6.23. The molecule has 0 N–H and O–H groups in total. The van der Waals surface area contributed by atoms with Crippen LogP contribution in [0, 0.1) is 0 Å². The number of ether oxygens (including phenoxy) is 1. The molecule has 0 spiro atoms. The first kappa shape index (κ1) is 16.3. The van der Waals surface area contributed by atoms with Crippen LogP contribution in [0.4, 0.5) is 0 Å². The molecule has 25 heavy (non-hydrogen) atoms. The largest absolute Gasteiger partial charge is 0.472 e. The molecular weight excluding hydrogens is 376 g/mol. The summed E-state index contributed by atoms with van der Waals surface area (Å²) < 4.78 is 6.95. The smallest absolute Gasteiger partial charge is 0.213 e. The van der Waals surface area contributed by atoms with E-state index < -0.39 is 0 Å². The lowest BCUT2D eigenvalue weighted by Crippen LogP contribution is -2.55. The number of halogens is 1. The van der Waals surface area contributed by atoms with E-state index in [1.165, 1.54) is 11.1 Å². The third kappa shape index (κ3) is 3.75. The number of hydrogen-bond donors (Lipinski definition) is 0. The Labute approximate surface area is 156 Å². The van der Waals surface area contributed by atoms with Gasteiger partial charge in [0.05, 0.1) is 6.04 Å². The third-order valence-corrected chi connectivity index (χ3v) is 4.93. The number of benzene rings is 2. The normalized spacial score (nSPS) is 15.1. The Morgan fingerprint density at radius 2 is 1.48 bits per heavy atom. The fourth-order valence-electron chi connectivity index (χ4n) is 3.24. The second-order valence-corrected chi connectivity index (χ2v) is 7.15. The number of nitrogens with zero attached hydrogens (tertiary/aromatic N) is 2. The third-order valence-electron chi connectivity index (χ3n) is 4.46. The van der Waals surface area contributed by atoms with E-state index in [1.807, 2.05) is 12.1 Å². The van der Waals surface area contributed by atoms with E-state index in [-0.39, 0.29) is 12.1 Å². The van der Waals surface area contributed by atoms with Gasteiger partial charge in [0.1, 0.15) is 6.10 Å². The van der Waals surface area contributed by atoms with Crippen molar-refractivity contribution in [3.63, 3.8) is 0 Å². The summed E-state index contributed by atoms with van der Waals surface area (Å²) in [5.74, 6) is 0.684. The molecule has 0 atom stereocenters. The molecule has 0 saturated carbocycles. The molecule has 0 radical (unpaired) electrons. The summed E-state index contributed by atoms with van der Waals surface area (Å²) in [6.07, 6.45) is 1.95. The Morgan fingerprint density at radius 1 is 0.880 bits per heavy atom. The summed E-state index contributed by atoms with van der Waals surface area (Å²) in [5, 5.41) is 0. The lowest BCUT2D eigenvalue weighted by Gasteiger charge is -2.44. The van der Waals surface area contributed by atoms with E-state index >= 15 is 0 Å². The molecule has 0 bridgehead atoms. The number of rotatable bonds is 5. The molecule has 0 unspecified atom stereocenters. The highest BCUT2D eigenvalue weighted by molar-refractivity contribution is 9.10. The Balaban J connectivity index is 1.48. The molecule has 0 amide bonds. The van der Waals surface area contributed by atoms with Gasteiger partial charge in [-0.2, -0.15) is 0 Å². The van der Waals surface area contributed by atoms with E-state index in [0.29, 0.717) is 5.88 Å². The van der Waals surface area contributed by atoms with Crippen molar-refractivity contribution in [1.82, 2.24) is 9.88 Å². The SMILES string of the molecule is Brc1ccc(OC2CN(C(c3ccccc3)c3ccccc3)C2)nc1. The fraction of sp³-hybridized carbons (Fsp3) is 0.190. The molecule has 1 aliphatic rings. The van der Waals surface area contributed by atoms with Gasteiger partial charge in [-0.1, -0.05) is 60.7 Å². The predicted molar refractivity (Wildman–Crippen MR) is 103 cm³/mol. The molecule has 4 rings (SSSR count). The van der Waals surface area contributed by atoms with E-state index in [0.717, 1.165) is 17.6 Å². The highest BCUT2D eigenvalue weighted by atomic mass is 79.9. The van der Waals surface area contributed by atoms with Crippen LogP contribution in [0.2, 0.25) is 0 Å². The zero-order chi connectivity index (χ0) is 17.1. The molecular formula is C21H19BrN2O. The van der Waals surface area contributed by atoms with Crippen LogP contribution in [0.25, 0.3) is 0 Å². The number of aromatic nitrogens is 1. The molecule has 1 fully saturated rings. The summed E-state index contributed by atoms with van der Waals surface area (Å²) in [6.45, 7) is 1.79. The van der Waals surface area contributed by atoms with Gasteiger partial charge in [-0.25, -0.2) is 4.98 Å². The molecule has 3 aromatic rings. The molecule has 2 heterocycles. The zero-order valence-corrected chi connectivity index (χ0v) is 15.3. The van der Waals surface area contributed by atoms with Crippen LogP contribution in [0.1, 0.15) is 17.2 Å². The molecule has 1 aromatic heterocycles. The van der Waals surface area contributed by atoms with Gasteiger partial charge in [-0.15, -0.1) is 0 Å². The van der Waals surface area contributed by atoms with Crippen LogP contribution in [-0.4, -0.2) is 29.1 Å². The van der Waals surface area contributed by atoms with Crippen molar-refractivity contribution in [3.05, 3.63) is 94.6 Å². The van der Waals surface area contributed by atoms with Gasteiger partial charge in [0.2, 0.25) is 5.88 Å². The standard InChI is InChI=1S/C21H19BrN2O/c22-18-11-12-20(23-13-18)25-19-14-24(15-19)21(16-7-3-1-4-8-16)17-9-5-2-6-10-17/h1-13,19,21H,14-15H2. The van der Waals surface area contributed by atoms with Crippen molar-refractivity contribution in [2.75, 3.05) is 13.1 Å². The van der Waals surface area contributed by atoms with E-state index in [4.69, 9.17) is 4.74 Å². The minimum atomic E-state index is 0.184. The molecule has 126 valence electrons. The Hall–Kier alpha value is -2.17. The van der Waals surface area contributed by atoms with Gasteiger partial charge in [-0.05, 0) is 33.1 Å². The summed E-state index contributed by atoms with van der Waals surface area (Å²) in [6, 6.07) is 25.4. The first-order valence-electron chi connectivity index (χ1n) is 8.42. The van der Waals surface area contributed by atoms with Crippen LogP contribution in [0.15, 0.2) is 83.5 Å². The van der Waals surface area contributed by atoms with Crippen molar-refractivity contribution >= 4 is 15.9 Å². The average molecular weight is 395 g/mol. The monoisotopic (exact) mass is 394 g/mol. The average Bonchev–Trinajstić information content (AvgIpc) is 2.63. The molecule has 1 saturated heterocycles. The van der Waals surface area contributed by atoms with Crippen LogP contribution in [-0.2, 0) is 0 Å². The van der Waals surface area contributed by atoms with Gasteiger partial charge in [0, 0.05) is 29.8 Å². The van der Waals surface area contributed by atoms with Crippen LogP contribution >= 0.6 is 15.9 Å². The molecule has 2 aromatic carbocycles. The highest BCUT2D eigenvalue weighted by Gasteiger charge is 2.35. The first-order chi connectivity index (χ1) is 12.3. The molecule has 3 nitrogen and oxygen atoms in total. The minimum absolute atomic E-state index is 0.184. The lowest BCUT2D eigenvalue weighted by molar-refractivity contribution is -0.00216. The van der Waals surface area contributed by atoms with Gasteiger partial charge >= 0.3 is 0 Å². The number of likely N-dealkylation sites (tertiary alicyclic amines) is 1. The summed E-state index contributed by atoms with van der Waals surface area (Å²) >= 11 is 3.40. The van der Waals surface area contributed by atoms with Crippen molar-refractivity contribution < 1.29 is 4.74 Å². The van der Waals surface area contributed by atoms with E-state index in [1.54, 1.807) is 6.20 Å². The molecule has 0 aliphatic carbocycles. The van der Waals surface area contributed by atoms with E-state index in [9.17, 15) is 0 Å². The zero-order valence-electron chi connectivity index (χ0n) is 13.8. The fourth-order valence-corrected chi connectivity index (χ4v) is 3.48. The predicted octanol–water partition coefficient (Wildman–Crippen LogP) is 4.70. The lowest BCUT2D eigenvalue weighted by atomic mass is 9.94. The topological polar surface area (TPSA) is 25.4 Å². The molecule has 1 aliphatic heterocycles. The van der Waals surface area contributed by atoms with Crippen molar-refractivity contribution in [2.45, 2.75) is 12.1 Å². The van der Waals surface area contributed by atoms with Gasteiger partial charge in [0.15, 0.2) is 0 Å². The van der Waals surface area contributed by atoms with E-state index in [2.05, 4.69) is 86.5 Å². The van der Waals surface area contributed by atoms with Gasteiger partial charge in [0.25, 0.3) is 0 Å². The van der Waals surface area contributed by atoms with Crippen LogP contribution in [0.5, 0.6) is 5.88 Å². The number of hydrogen-bond acceptors (Lipinski definition) is 3. The number of pyridine rings is 1. The second kappa shape index (κ2) is 7.38.